The van der Waals surface area contributed by atoms with Crippen molar-refractivity contribution < 1.29 is 4.79 Å². The van der Waals surface area contributed by atoms with Crippen molar-refractivity contribution in [3.8, 4) is 0 Å². The topological polar surface area (TPSA) is 67.8 Å². The van der Waals surface area contributed by atoms with Crippen LogP contribution in [0, 0.1) is 10.5 Å². The average molecular weight is 368 g/mol. The van der Waals surface area contributed by atoms with Gasteiger partial charge in [0.05, 0.1) is 17.0 Å². The Bertz CT molecular complexity index is 598. The van der Waals surface area contributed by atoms with Crippen LogP contribution in [0.5, 0.6) is 0 Å². The molecule has 1 amide bonds. The zero-order valence-corrected chi connectivity index (χ0v) is 12.8. The Hall–Kier alpha value is -1.57. The van der Waals surface area contributed by atoms with E-state index in [1.54, 1.807) is 18.3 Å². The average Bonchev–Trinajstić information content (AvgIpc) is 2.41. The number of amides is 1. The summed E-state index contributed by atoms with van der Waals surface area (Å²) in [5, 5.41) is 10.8. The SMILES string of the molecule is CCc1nnc(C)cc1C(=O)Nc1ccc(I)cn1. The monoisotopic (exact) mass is 368 g/mol. The fraction of sp³-hybridized carbons (Fsp3) is 0.231. The Morgan fingerprint density at radius 2 is 2.16 bits per heavy atom. The van der Waals surface area contributed by atoms with E-state index in [1.807, 2.05) is 19.9 Å². The molecule has 2 aromatic heterocycles. The van der Waals surface area contributed by atoms with Gasteiger partial charge in [0.25, 0.3) is 5.91 Å². The summed E-state index contributed by atoms with van der Waals surface area (Å²) in [6.45, 7) is 3.76. The molecule has 0 aromatic carbocycles. The highest BCUT2D eigenvalue weighted by Crippen LogP contribution is 2.12. The molecule has 0 unspecified atom stereocenters. The van der Waals surface area contributed by atoms with E-state index in [9.17, 15) is 4.79 Å². The fourth-order valence-electron chi connectivity index (χ4n) is 1.61. The lowest BCUT2D eigenvalue weighted by molar-refractivity contribution is 0.102. The highest BCUT2D eigenvalue weighted by atomic mass is 127. The fourth-order valence-corrected chi connectivity index (χ4v) is 1.92. The molecule has 0 aliphatic carbocycles. The van der Waals surface area contributed by atoms with E-state index in [2.05, 4.69) is 43.1 Å². The third-order valence-corrected chi connectivity index (χ3v) is 3.18. The van der Waals surface area contributed by atoms with Gasteiger partial charge in [-0.05, 0) is 54.1 Å². The molecule has 19 heavy (non-hydrogen) atoms. The highest BCUT2D eigenvalue weighted by molar-refractivity contribution is 14.1. The van der Waals surface area contributed by atoms with Crippen LogP contribution in [0.1, 0.15) is 28.7 Å². The Morgan fingerprint density at radius 3 is 2.79 bits per heavy atom. The normalized spacial score (nSPS) is 10.3. The second kappa shape index (κ2) is 6.05. The van der Waals surface area contributed by atoms with Gasteiger partial charge in [-0.15, -0.1) is 0 Å². The van der Waals surface area contributed by atoms with Gasteiger partial charge >= 0.3 is 0 Å². The number of halogens is 1. The largest absolute Gasteiger partial charge is 0.307 e. The molecule has 2 heterocycles. The van der Waals surface area contributed by atoms with Crippen LogP contribution in [0.25, 0.3) is 0 Å². The summed E-state index contributed by atoms with van der Waals surface area (Å²) in [5.74, 6) is 0.325. The molecule has 0 aliphatic rings. The number of carbonyl (C=O) groups is 1. The van der Waals surface area contributed by atoms with Gasteiger partial charge in [0, 0.05) is 9.77 Å². The number of pyridine rings is 1. The third-order valence-electron chi connectivity index (χ3n) is 2.54. The molecule has 0 saturated carbocycles. The van der Waals surface area contributed by atoms with E-state index in [1.165, 1.54) is 0 Å². The lowest BCUT2D eigenvalue weighted by Gasteiger charge is -2.08. The first kappa shape index (κ1) is 13.9. The zero-order chi connectivity index (χ0) is 13.8. The maximum Gasteiger partial charge on any atom is 0.258 e. The van der Waals surface area contributed by atoms with Crippen LogP contribution >= 0.6 is 22.6 Å². The first-order valence-corrected chi connectivity index (χ1v) is 6.94. The van der Waals surface area contributed by atoms with E-state index < -0.39 is 0 Å². The van der Waals surface area contributed by atoms with Crippen molar-refractivity contribution in [1.82, 2.24) is 15.2 Å². The van der Waals surface area contributed by atoms with Gasteiger partial charge in [-0.1, -0.05) is 6.92 Å². The molecular weight excluding hydrogens is 355 g/mol. The number of aromatic nitrogens is 3. The summed E-state index contributed by atoms with van der Waals surface area (Å²) in [6, 6.07) is 5.40. The number of hydrogen-bond acceptors (Lipinski definition) is 4. The Morgan fingerprint density at radius 1 is 1.37 bits per heavy atom. The minimum atomic E-state index is -0.205. The summed E-state index contributed by atoms with van der Waals surface area (Å²) in [4.78, 5) is 16.4. The molecule has 2 aromatic rings. The minimum absolute atomic E-state index is 0.205. The standard InChI is InChI=1S/C13H13IN4O/c1-3-11-10(6-8(2)17-18-11)13(19)16-12-5-4-9(14)7-15-12/h4-7H,3H2,1-2H3,(H,15,16,19). The van der Waals surface area contributed by atoms with Gasteiger partial charge in [-0.3, -0.25) is 4.79 Å². The summed E-state index contributed by atoms with van der Waals surface area (Å²) in [6.07, 6.45) is 2.36. The van der Waals surface area contributed by atoms with Gasteiger partial charge in [-0.25, -0.2) is 4.98 Å². The van der Waals surface area contributed by atoms with E-state index in [0.717, 1.165) is 9.26 Å². The van der Waals surface area contributed by atoms with Crippen molar-refractivity contribution in [2.75, 3.05) is 5.32 Å². The number of nitrogens with one attached hydrogen (secondary N) is 1. The minimum Gasteiger partial charge on any atom is -0.307 e. The number of nitrogens with zero attached hydrogens (tertiary/aromatic N) is 3. The summed E-state index contributed by atoms with van der Waals surface area (Å²) in [7, 11) is 0. The number of carbonyl (C=O) groups excluding carboxylic acids is 1. The molecule has 0 spiro atoms. The van der Waals surface area contributed by atoms with Crippen molar-refractivity contribution in [2.45, 2.75) is 20.3 Å². The molecular formula is C13H13IN4O. The van der Waals surface area contributed by atoms with Crippen molar-refractivity contribution in [2.24, 2.45) is 0 Å². The number of anilines is 1. The predicted molar refractivity (Wildman–Crippen MR) is 81.1 cm³/mol. The Balaban J connectivity index is 2.24. The third kappa shape index (κ3) is 3.46. The molecule has 0 bridgehead atoms. The van der Waals surface area contributed by atoms with Crippen molar-refractivity contribution >= 4 is 34.3 Å². The summed E-state index contributed by atoms with van der Waals surface area (Å²) < 4.78 is 1.02. The first-order chi connectivity index (χ1) is 9.10. The summed E-state index contributed by atoms with van der Waals surface area (Å²) in [5.41, 5.74) is 1.96. The van der Waals surface area contributed by atoms with E-state index in [0.29, 0.717) is 23.5 Å². The predicted octanol–water partition coefficient (Wildman–Crippen LogP) is 2.60. The number of hydrogen-bond donors (Lipinski definition) is 1. The van der Waals surface area contributed by atoms with E-state index in [-0.39, 0.29) is 5.91 Å². The number of rotatable bonds is 3. The maximum absolute atomic E-state index is 12.2. The van der Waals surface area contributed by atoms with Gasteiger partial charge < -0.3 is 5.32 Å². The smallest absolute Gasteiger partial charge is 0.258 e. The molecule has 1 N–H and O–H groups in total. The van der Waals surface area contributed by atoms with Crippen LogP contribution in [-0.4, -0.2) is 21.1 Å². The molecule has 0 aliphatic heterocycles. The van der Waals surface area contributed by atoms with Gasteiger partial charge in [0.2, 0.25) is 0 Å². The molecule has 6 heteroatoms. The van der Waals surface area contributed by atoms with Gasteiger partial charge in [0.15, 0.2) is 0 Å². The molecule has 5 nitrogen and oxygen atoms in total. The van der Waals surface area contributed by atoms with Crippen molar-refractivity contribution in [3.05, 3.63) is 44.9 Å². The highest BCUT2D eigenvalue weighted by Gasteiger charge is 2.13. The van der Waals surface area contributed by atoms with Crippen LogP contribution in [0.4, 0.5) is 5.82 Å². The molecule has 0 saturated heterocycles. The van der Waals surface area contributed by atoms with Gasteiger partial charge in [-0.2, -0.15) is 10.2 Å². The van der Waals surface area contributed by atoms with Crippen LogP contribution in [-0.2, 0) is 6.42 Å². The Labute approximate surface area is 125 Å². The van der Waals surface area contributed by atoms with Gasteiger partial charge in [0.1, 0.15) is 5.82 Å². The second-order valence-corrected chi connectivity index (χ2v) is 5.26. The van der Waals surface area contributed by atoms with Crippen LogP contribution < -0.4 is 5.32 Å². The lowest BCUT2D eigenvalue weighted by Crippen LogP contribution is -2.16. The quantitative estimate of drug-likeness (QED) is 0.846. The van der Waals surface area contributed by atoms with Crippen molar-refractivity contribution in [1.29, 1.82) is 0 Å². The van der Waals surface area contributed by atoms with E-state index >= 15 is 0 Å². The molecule has 0 fully saturated rings. The zero-order valence-electron chi connectivity index (χ0n) is 10.6. The molecule has 98 valence electrons. The maximum atomic E-state index is 12.2. The number of aryl methyl sites for hydroxylation is 2. The second-order valence-electron chi connectivity index (χ2n) is 4.02. The first-order valence-electron chi connectivity index (χ1n) is 5.86. The molecule has 0 atom stereocenters. The molecule has 2 rings (SSSR count). The van der Waals surface area contributed by atoms with Crippen LogP contribution in [0.2, 0.25) is 0 Å². The van der Waals surface area contributed by atoms with Crippen LogP contribution in [0.15, 0.2) is 24.4 Å². The Kier molecular flexibility index (Phi) is 4.41. The van der Waals surface area contributed by atoms with E-state index in [4.69, 9.17) is 0 Å². The van der Waals surface area contributed by atoms with Crippen molar-refractivity contribution in [3.63, 3.8) is 0 Å². The molecule has 0 radical (unpaired) electrons. The summed E-state index contributed by atoms with van der Waals surface area (Å²) >= 11 is 2.16. The lowest BCUT2D eigenvalue weighted by atomic mass is 10.1. The van der Waals surface area contributed by atoms with Crippen LogP contribution in [0.3, 0.4) is 0 Å².